The Morgan fingerprint density at radius 3 is 1.60 bits per heavy atom. The predicted octanol–water partition coefficient (Wildman–Crippen LogP) is 3.20. The van der Waals surface area contributed by atoms with Gasteiger partial charge in [0.25, 0.3) is 0 Å². The van der Waals surface area contributed by atoms with Crippen LogP contribution in [0.15, 0.2) is 67.7 Å². The second kappa shape index (κ2) is 9.85. The minimum atomic E-state index is -0.531. The molecule has 2 N–H and O–H groups in total. The Morgan fingerprint density at radius 1 is 0.800 bits per heavy atom. The maximum atomic E-state index is 11.7. The van der Waals surface area contributed by atoms with Gasteiger partial charge < -0.3 is 0 Å². The number of carbonyl (C=O) groups excluding carboxylic acids is 2. The Kier molecular flexibility index (Phi) is 7.49. The van der Waals surface area contributed by atoms with Crippen molar-refractivity contribution in [2.24, 2.45) is 10.2 Å². The summed E-state index contributed by atoms with van der Waals surface area (Å²) in [5.74, 6) is -1.06. The van der Waals surface area contributed by atoms with E-state index in [2.05, 4.69) is 52.9 Å². The number of rotatable bonds is 6. The molecule has 0 unspecified atom stereocenters. The van der Waals surface area contributed by atoms with Gasteiger partial charge in [-0.25, -0.2) is 10.9 Å². The van der Waals surface area contributed by atoms with E-state index in [1.807, 2.05) is 48.5 Å². The first-order chi connectivity index (χ1) is 12.1. The maximum Gasteiger partial charge on any atom is 0.249 e. The van der Waals surface area contributed by atoms with Crippen LogP contribution in [0.25, 0.3) is 0 Å². The lowest BCUT2D eigenvalue weighted by molar-refractivity contribution is -0.129. The second-order valence-corrected chi connectivity index (χ2v) is 6.51. The van der Waals surface area contributed by atoms with Crippen LogP contribution in [0.1, 0.15) is 17.5 Å². The molecule has 0 saturated carbocycles. The molecule has 25 heavy (non-hydrogen) atoms. The van der Waals surface area contributed by atoms with Gasteiger partial charge in [0.05, 0.1) is 12.4 Å². The van der Waals surface area contributed by atoms with Crippen molar-refractivity contribution in [3.05, 3.63) is 68.6 Å². The molecule has 0 heterocycles. The standard InChI is InChI=1S/C17H14Br2N4O2/c18-14-7-3-1-5-12(14)10-20-22-16(24)9-17(25)23-21-11-13-6-2-4-8-15(13)19/h1-8,10-11H,9H2,(H,22,24)(H,23,25)/b20-10+,21-11+. The molecule has 0 aliphatic heterocycles. The molecule has 2 amide bonds. The SMILES string of the molecule is O=C(CC(=O)N/N=C/c1ccccc1Br)N/N=C/c1ccccc1Br. The summed E-state index contributed by atoms with van der Waals surface area (Å²) in [6.45, 7) is 0. The van der Waals surface area contributed by atoms with Crippen molar-refractivity contribution in [3.8, 4) is 0 Å². The number of hydrogen-bond acceptors (Lipinski definition) is 4. The van der Waals surface area contributed by atoms with Gasteiger partial charge >= 0.3 is 0 Å². The molecule has 0 radical (unpaired) electrons. The van der Waals surface area contributed by atoms with E-state index >= 15 is 0 Å². The zero-order chi connectivity index (χ0) is 18.1. The fourth-order valence-corrected chi connectivity index (χ4v) is 2.51. The van der Waals surface area contributed by atoms with E-state index in [9.17, 15) is 9.59 Å². The largest absolute Gasteiger partial charge is 0.273 e. The average Bonchev–Trinajstić information content (AvgIpc) is 2.58. The maximum absolute atomic E-state index is 11.7. The van der Waals surface area contributed by atoms with E-state index in [0.29, 0.717) is 0 Å². The highest BCUT2D eigenvalue weighted by atomic mass is 79.9. The molecule has 128 valence electrons. The molecule has 0 atom stereocenters. The number of benzene rings is 2. The van der Waals surface area contributed by atoms with Crippen molar-refractivity contribution in [2.45, 2.75) is 6.42 Å². The van der Waals surface area contributed by atoms with Crippen LogP contribution in [0.2, 0.25) is 0 Å². The summed E-state index contributed by atoms with van der Waals surface area (Å²) >= 11 is 6.74. The zero-order valence-corrected chi connectivity index (χ0v) is 16.1. The smallest absolute Gasteiger partial charge is 0.249 e. The fourth-order valence-electron chi connectivity index (χ4n) is 1.73. The molecular weight excluding hydrogens is 452 g/mol. The lowest BCUT2D eigenvalue weighted by atomic mass is 10.2. The van der Waals surface area contributed by atoms with Gasteiger partial charge in [-0.1, -0.05) is 68.3 Å². The molecule has 0 fully saturated rings. The number of nitrogens with zero attached hydrogens (tertiary/aromatic N) is 2. The highest BCUT2D eigenvalue weighted by molar-refractivity contribution is 9.10. The minimum absolute atomic E-state index is 0.374. The highest BCUT2D eigenvalue weighted by Gasteiger charge is 2.07. The lowest BCUT2D eigenvalue weighted by Gasteiger charge is -2.00. The summed E-state index contributed by atoms with van der Waals surface area (Å²) in [5.41, 5.74) is 6.21. The first-order valence-electron chi connectivity index (χ1n) is 7.19. The van der Waals surface area contributed by atoms with Crippen LogP contribution in [-0.4, -0.2) is 24.2 Å². The Morgan fingerprint density at radius 2 is 1.20 bits per heavy atom. The van der Waals surface area contributed by atoms with Crippen LogP contribution < -0.4 is 10.9 Å². The number of carbonyl (C=O) groups is 2. The van der Waals surface area contributed by atoms with Crippen molar-refractivity contribution < 1.29 is 9.59 Å². The lowest BCUT2D eigenvalue weighted by Crippen LogP contribution is -2.27. The van der Waals surface area contributed by atoms with Crippen molar-refractivity contribution in [1.82, 2.24) is 10.9 Å². The van der Waals surface area contributed by atoms with Gasteiger partial charge in [0.1, 0.15) is 6.42 Å². The molecule has 2 rings (SSSR count). The van der Waals surface area contributed by atoms with Gasteiger partial charge in [-0.15, -0.1) is 0 Å². The topological polar surface area (TPSA) is 82.9 Å². The van der Waals surface area contributed by atoms with Crippen LogP contribution in [0.5, 0.6) is 0 Å². The molecule has 8 heteroatoms. The van der Waals surface area contributed by atoms with Gasteiger partial charge in [-0.2, -0.15) is 10.2 Å². The predicted molar refractivity (Wildman–Crippen MR) is 104 cm³/mol. The molecule has 0 aliphatic rings. The van der Waals surface area contributed by atoms with Crippen LogP contribution in [0, 0.1) is 0 Å². The molecule has 0 spiro atoms. The third-order valence-electron chi connectivity index (χ3n) is 2.92. The minimum Gasteiger partial charge on any atom is -0.273 e. The van der Waals surface area contributed by atoms with Crippen LogP contribution >= 0.6 is 31.9 Å². The molecular formula is C17H14Br2N4O2. The van der Waals surface area contributed by atoms with Gasteiger partial charge in [0.2, 0.25) is 11.8 Å². The summed E-state index contributed by atoms with van der Waals surface area (Å²) in [5, 5.41) is 7.63. The van der Waals surface area contributed by atoms with E-state index in [1.165, 1.54) is 12.4 Å². The van der Waals surface area contributed by atoms with Crippen molar-refractivity contribution in [3.63, 3.8) is 0 Å². The molecule has 0 bridgehead atoms. The van der Waals surface area contributed by atoms with Crippen molar-refractivity contribution >= 4 is 56.1 Å². The summed E-state index contributed by atoms with van der Waals surface area (Å²) in [7, 11) is 0. The summed E-state index contributed by atoms with van der Waals surface area (Å²) in [6.07, 6.45) is 2.61. The zero-order valence-electron chi connectivity index (χ0n) is 12.9. The fraction of sp³-hybridized carbons (Fsp3) is 0.0588. The first kappa shape index (κ1) is 19.0. The van der Waals surface area contributed by atoms with E-state index in [-0.39, 0.29) is 6.42 Å². The summed E-state index contributed by atoms with van der Waals surface area (Å²) in [4.78, 5) is 23.3. The van der Waals surface area contributed by atoms with Crippen molar-refractivity contribution in [2.75, 3.05) is 0 Å². The highest BCUT2D eigenvalue weighted by Crippen LogP contribution is 2.13. The van der Waals surface area contributed by atoms with Crippen LogP contribution in [-0.2, 0) is 9.59 Å². The van der Waals surface area contributed by atoms with E-state index in [4.69, 9.17) is 0 Å². The van der Waals surface area contributed by atoms with E-state index in [0.717, 1.165) is 20.1 Å². The quantitative estimate of drug-likeness (QED) is 0.390. The second-order valence-electron chi connectivity index (χ2n) is 4.81. The number of hydrogen-bond donors (Lipinski definition) is 2. The third kappa shape index (κ3) is 6.60. The third-order valence-corrected chi connectivity index (χ3v) is 4.36. The monoisotopic (exact) mass is 464 g/mol. The number of amides is 2. The number of halogens is 2. The molecule has 2 aromatic carbocycles. The van der Waals surface area contributed by atoms with E-state index in [1.54, 1.807) is 0 Å². The van der Waals surface area contributed by atoms with Crippen molar-refractivity contribution in [1.29, 1.82) is 0 Å². The Bertz CT molecular complexity index is 754. The molecule has 0 saturated heterocycles. The average molecular weight is 466 g/mol. The van der Waals surface area contributed by atoms with E-state index < -0.39 is 11.8 Å². The van der Waals surface area contributed by atoms with Gasteiger partial charge in [0.15, 0.2) is 0 Å². The normalized spacial score (nSPS) is 11.0. The Balaban J connectivity index is 1.77. The van der Waals surface area contributed by atoms with Crippen LogP contribution in [0.3, 0.4) is 0 Å². The van der Waals surface area contributed by atoms with Crippen LogP contribution in [0.4, 0.5) is 0 Å². The molecule has 2 aromatic rings. The van der Waals surface area contributed by atoms with Gasteiger partial charge in [0, 0.05) is 20.1 Å². The number of hydrazone groups is 2. The summed E-state index contributed by atoms with van der Waals surface area (Å²) in [6, 6.07) is 14.8. The van der Waals surface area contributed by atoms with Gasteiger partial charge in [-0.3, -0.25) is 9.59 Å². The summed E-state index contributed by atoms with van der Waals surface area (Å²) < 4.78 is 1.71. The Hall–Kier alpha value is -2.32. The first-order valence-corrected chi connectivity index (χ1v) is 8.77. The number of nitrogens with one attached hydrogen (secondary N) is 2. The van der Waals surface area contributed by atoms with Gasteiger partial charge in [-0.05, 0) is 12.1 Å². The molecule has 0 aliphatic carbocycles. The molecule has 6 nitrogen and oxygen atoms in total. The Labute approximate surface area is 161 Å². The molecule has 0 aromatic heterocycles.